The molecular weight excluding hydrogens is 529 g/mol. The second-order valence-corrected chi connectivity index (χ2v) is 12.4. The van der Waals surface area contributed by atoms with Gasteiger partial charge in [0.15, 0.2) is 0 Å². The highest BCUT2D eigenvalue weighted by Crippen LogP contribution is 2.52. The number of nitrogens with one attached hydrogen (secondary N) is 1. The Morgan fingerprint density at radius 1 is 1.20 bits per heavy atom. The van der Waals surface area contributed by atoms with Crippen LogP contribution in [0.5, 0.6) is 0 Å². The molecule has 7 nitrogen and oxygen atoms in total. The molecule has 1 unspecified atom stereocenters. The summed E-state index contributed by atoms with van der Waals surface area (Å²) >= 11 is 0. The van der Waals surface area contributed by atoms with Gasteiger partial charge in [-0.05, 0) is 105 Å². The summed E-state index contributed by atoms with van der Waals surface area (Å²) in [5.41, 5.74) is 1.27. The first-order chi connectivity index (χ1) is 19.5. The summed E-state index contributed by atoms with van der Waals surface area (Å²) in [6.07, 6.45) is 1.05. The molecule has 1 saturated carbocycles. The van der Waals surface area contributed by atoms with Gasteiger partial charge in [0.25, 0.3) is 5.91 Å². The summed E-state index contributed by atoms with van der Waals surface area (Å²) in [5.74, 6) is 1.58. The summed E-state index contributed by atoms with van der Waals surface area (Å²) in [6, 6.07) is 10.6. The molecule has 3 heterocycles. The fourth-order valence-corrected chi connectivity index (χ4v) is 7.14. The highest BCUT2D eigenvalue weighted by atomic mass is 19.4. The van der Waals surface area contributed by atoms with E-state index in [0.29, 0.717) is 29.6 Å². The number of rotatable bonds is 8. The maximum atomic E-state index is 14.3. The molecule has 2 aromatic carbocycles. The van der Waals surface area contributed by atoms with Gasteiger partial charge >= 0.3 is 6.18 Å². The molecule has 2 fully saturated rings. The SMILES string of the molecule is CC1CC(c2cccc(N3Cc4c(cc(CN(C)CCC5CCNC5)cc4C(F)(F)F)C3=O)c2)(c2nncn2C)C1. The first kappa shape index (κ1) is 27.9. The van der Waals surface area contributed by atoms with Gasteiger partial charge in [0.1, 0.15) is 12.2 Å². The van der Waals surface area contributed by atoms with Gasteiger partial charge in [0, 0.05) is 24.8 Å². The number of carbonyl (C=O) groups excluding carboxylic acids is 1. The fraction of sp³-hybridized carbons (Fsp3) is 0.516. The van der Waals surface area contributed by atoms with Gasteiger partial charge in [0.2, 0.25) is 0 Å². The molecular formula is C31H37F3N6O. The van der Waals surface area contributed by atoms with E-state index in [9.17, 15) is 18.0 Å². The molecule has 2 aliphatic heterocycles. The van der Waals surface area contributed by atoms with Gasteiger partial charge in [-0.1, -0.05) is 19.1 Å². The Labute approximate surface area is 238 Å². The van der Waals surface area contributed by atoms with Crippen molar-refractivity contribution in [2.75, 3.05) is 31.6 Å². The van der Waals surface area contributed by atoms with Gasteiger partial charge in [0.05, 0.1) is 17.5 Å². The topological polar surface area (TPSA) is 66.3 Å². The largest absolute Gasteiger partial charge is 0.416 e. The third-order valence-corrected chi connectivity index (χ3v) is 9.18. The van der Waals surface area contributed by atoms with Crippen LogP contribution in [0, 0.1) is 11.8 Å². The third-order valence-electron chi connectivity index (χ3n) is 9.18. The van der Waals surface area contributed by atoms with Crippen LogP contribution in [0.15, 0.2) is 42.7 Å². The number of anilines is 1. The number of halogens is 3. The Morgan fingerprint density at radius 3 is 2.66 bits per heavy atom. The van der Waals surface area contributed by atoms with Crippen LogP contribution in [0.3, 0.4) is 0 Å². The van der Waals surface area contributed by atoms with Gasteiger partial charge in [-0.2, -0.15) is 13.2 Å². The minimum absolute atomic E-state index is 0.0524. The van der Waals surface area contributed by atoms with E-state index in [1.807, 2.05) is 41.8 Å². The Bertz CT molecular complexity index is 1440. The molecule has 1 N–H and O–H groups in total. The lowest BCUT2D eigenvalue weighted by Gasteiger charge is -2.46. The molecule has 0 spiro atoms. The van der Waals surface area contributed by atoms with E-state index < -0.39 is 11.7 Å². The lowest BCUT2D eigenvalue weighted by atomic mass is 9.58. The molecule has 6 rings (SSSR count). The minimum Gasteiger partial charge on any atom is -0.320 e. The number of amides is 1. The van der Waals surface area contributed by atoms with E-state index in [2.05, 4.69) is 22.4 Å². The first-order valence-corrected chi connectivity index (χ1v) is 14.4. The fourth-order valence-electron chi connectivity index (χ4n) is 7.14. The molecule has 218 valence electrons. The number of hydrogen-bond donors (Lipinski definition) is 1. The molecule has 1 aliphatic carbocycles. The zero-order chi connectivity index (χ0) is 28.9. The van der Waals surface area contributed by atoms with Crippen LogP contribution < -0.4 is 10.2 Å². The molecule has 0 radical (unpaired) electrons. The number of aryl methyl sites for hydroxylation is 1. The summed E-state index contributed by atoms with van der Waals surface area (Å²) in [7, 11) is 3.85. The Kier molecular flexibility index (Phi) is 7.18. The molecule has 1 amide bonds. The summed E-state index contributed by atoms with van der Waals surface area (Å²) in [5, 5.41) is 11.8. The van der Waals surface area contributed by atoms with Crippen molar-refractivity contribution in [3.05, 3.63) is 76.4 Å². The van der Waals surface area contributed by atoms with Gasteiger partial charge in [-0.25, -0.2) is 0 Å². The maximum Gasteiger partial charge on any atom is 0.416 e. The molecule has 3 aromatic rings. The van der Waals surface area contributed by atoms with E-state index in [0.717, 1.165) is 56.7 Å². The van der Waals surface area contributed by atoms with Gasteiger partial charge < -0.3 is 19.7 Å². The standard InChI is InChI=1S/C31H37F3N6O/c1-20-14-30(15-20,29-37-36-19-39(29)3)23-5-4-6-24(13-23)40-18-26-25(28(40)41)11-22(12-27(26)31(32,33)34)17-38(2)10-8-21-7-9-35-16-21/h4-6,11-13,19-21,35H,7-10,14-18H2,1-3H3. The number of hydrogen-bond acceptors (Lipinski definition) is 5. The lowest BCUT2D eigenvalue weighted by molar-refractivity contribution is -0.138. The van der Waals surface area contributed by atoms with Crippen molar-refractivity contribution in [1.29, 1.82) is 0 Å². The van der Waals surface area contributed by atoms with Crippen molar-refractivity contribution >= 4 is 11.6 Å². The Balaban J connectivity index is 1.28. The molecule has 0 bridgehead atoms. The molecule has 10 heteroatoms. The van der Waals surface area contributed by atoms with E-state index in [-0.39, 0.29) is 29.0 Å². The normalized spacial score (nSPS) is 24.3. The van der Waals surface area contributed by atoms with Crippen LogP contribution in [-0.4, -0.2) is 52.3 Å². The molecule has 1 atom stereocenters. The summed E-state index contributed by atoms with van der Waals surface area (Å²) < 4.78 is 44.9. The number of fused-ring (bicyclic) bond motifs is 1. The van der Waals surface area contributed by atoms with E-state index >= 15 is 0 Å². The van der Waals surface area contributed by atoms with E-state index in [1.165, 1.54) is 11.0 Å². The van der Waals surface area contributed by atoms with Crippen molar-refractivity contribution in [2.45, 2.75) is 57.3 Å². The summed E-state index contributed by atoms with van der Waals surface area (Å²) in [4.78, 5) is 17.2. The van der Waals surface area contributed by atoms with Crippen LogP contribution in [0.2, 0.25) is 0 Å². The second kappa shape index (κ2) is 10.5. The van der Waals surface area contributed by atoms with Crippen molar-refractivity contribution in [3.63, 3.8) is 0 Å². The first-order valence-electron chi connectivity index (χ1n) is 14.4. The highest BCUT2D eigenvalue weighted by molar-refractivity contribution is 6.10. The van der Waals surface area contributed by atoms with Crippen LogP contribution >= 0.6 is 0 Å². The monoisotopic (exact) mass is 566 g/mol. The van der Waals surface area contributed by atoms with Crippen molar-refractivity contribution in [1.82, 2.24) is 25.0 Å². The number of aromatic nitrogens is 3. The van der Waals surface area contributed by atoms with Crippen LogP contribution in [0.25, 0.3) is 0 Å². The molecule has 41 heavy (non-hydrogen) atoms. The Morgan fingerprint density at radius 2 is 2.00 bits per heavy atom. The molecule has 1 saturated heterocycles. The van der Waals surface area contributed by atoms with Crippen molar-refractivity contribution in [3.8, 4) is 0 Å². The van der Waals surface area contributed by atoms with Crippen molar-refractivity contribution < 1.29 is 18.0 Å². The van der Waals surface area contributed by atoms with Crippen LogP contribution in [0.1, 0.15) is 71.0 Å². The average Bonchev–Trinajstić information content (AvgIpc) is 3.66. The van der Waals surface area contributed by atoms with Crippen LogP contribution in [-0.2, 0) is 31.7 Å². The zero-order valence-corrected chi connectivity index (χ0v) is 23.8. The predicted octanol–water partition coefficient (Wildman–Crippen LogP) is 5.14. The van der Waals surface area contributed by atoms with E-state index in [1.54, 1.807) is 18.5 Å². The lowest BCUT2D eigenvalue weighted by Crippen LogP contribution is -2.43. The maximum absolute atomic E-state index is 14.3. The second-order valence-electron chi connectivity index (χ2n) is 12.4. The summed E-state index contributed by atoms with van der Waals surface area (Å²) in [6.45, 7) is 5.26. The quantitative estimate of drug-likeness (QED) is 0.409. The highest BCUT2D eigenvalue weighted by Gasteiger charge is 2.48. The average molecular weight is 567 g/mol. The van der Waals surface area contributed by atoms with Crippen LogP contribution in [0.4, 0.5) is 18.9 Å². The number of carbonyl (C=O) groups is 1. The van der Waals surface area contributed by atoms with Gasteiger partial charge in [-0.3, -0.25) is 4.79 Å². The Hall–Kier alpha value is -3.24. The number of alkyl halides is 3. The molecule has 3 aliphatic rings. The minimum atomic E-state index is -4.55. The third kappa shape index (κ3) is 5.16. The smallest absolute Gasteiger partial charge is 0.320 e. The molecule has 1 aromatic heterocycles. The van der Waals surface area contributed by atoms with Crippen molar-refractivity contribution in [2.24, 2.45) is 18.9 Å². The number of nitrogens with zero attached hydrogens (tertiary/aromatic N) is 5. The predicted molar refractivity (Wildman–Crippen MR) is 151 cm³/mol. The zero-order valence-electron chi connectivity index (χ0n) is 23.8. The number of benzene rings is 2. The van der Waals surface area contributed by atoms with Gasteiger partial charge in [-0.15, -0.1) is 10.2 Å². The van der Waals surface area contributed by atoms with E-state index in [4.69, 9.17) is 0 Å².